The lowest BCUT2D eigenvalue weighted by molar-refractivity contribution is -0.0300. The third kappa shape index (κ3) is 2.84. The van der Waals surface area contributed by atoms with Gasteiger partial charge < -0.3 is 10.4 Å². The van der Waals surface area contributed by atoms with Crippen LogP contribution in [0.5, 0.6) is 0 Å². The fourth-order valence-electron chi connectivity index (χ4n) is 1.77. The number of rotatable bonds is 3. The molecule has 92 valence electrons. The first kappa shape index (κ1) is 12.5. The van der Waals surface area contributed by atoms with Crippen molar-refractivity contribution < 1.29 is 14.3 Å². The molecule has 2 N–H and O–H groups in total. The van der Waals surface area contributed by atoms with Gasteiger partial charge in [-0.15, -0.1) is 0 Å². The molecule has 1 fully saturated rings. The van der Waals surface area contributed by atoms with E-state index in [0.717, 1.165) is 6.42 Å². The summed E-state index contributed by atoms with van der Waals surface area (Å²) in [5, 5.41) is 12.4. The highest BCUT2D eigenvalue weighted by Gasteiger charge is 2.34. The molecule has 0 saturated heterocycles. The van der Waals surface area contributed by atoms with Gasteiger partial charge in [0.15, 0.2) is 0 Å². The van der Waals surface area contributed by atoms with Crippen LogP contribution in [-0.2, 0) is 0 Å². The second-order valence-electron chi connectivity index (χ2n) is 4.38. The van der Waals surface area contributed by atoms with Crippen molar-refractivity contribution in [2.24, 2.45) is 0 Å². The lowest BCUT2D eigenvalue weighted by Gasteiger charge is -2.36. The normalized spacial score (nSPS) is 17.4. The largest absolute Gasteiger partial charge is 0.388 e. The Bertz CT molecular complexity index is 446. The van der Waals surface area contributed by atoms with E-state index in [1.807, 2.05) is 0 Å². The van der Waals surface area contributed by atoms with Crippen molar-refractivity contribution in [1.29, 1.82) is 0 Å². The molecule has 3 nitrogen and oxygen atoms in total. The van der Waals surface area contributed by atoms with Crippen LogP contribution in [0.2, 0.25) is 0 Å². The number of hydrogen-bond donors (Lipinski definition) is 2. The maximum Gasteiger partial charge on any atom is 0.254 e. The van der Waals surface area contributed by atoms with Crippen molar-refractivity contribution in [3.05, 3.63) is 34.1 Å². The van der Waals surface area contributed by atoms with E-state index in [9.17, 15) is 14.3 Å². The fourth-order valence-corrected chi connectivity index (χ4v) is 2.13. The van der Waals surface area contributed by atoms with Gasteiger partial charge in [0.1, 0.15) is 5.82 Å². The summed E-state index contributed by atoms with van der Waals surface area (Å²) in [4.78, 5) is 11.7. The van der Waals surface area contributed by atoms with Crippen LogP contribution < -0.4 is 5.32 Å². The molecule has 1 aromatic carbocycles. The fraction of sp³-hybridized carbons (Fsp3) is 0.417. The SMILES string of the molecule is O=C(NCC1(O)CCC1)c1cc(Br)ccc1F. The first-order chi connectivity index (χ1) is 8.00. The molecule has 0 aliphatic heterocycles. The Hall–Kier alpha value is -0.940. The Morgan fingerprint density at radius 2 is 2.24 bits per heavy atom. The highest BCUT2D eigenvalue weighted by atomic mass is 79.9. The topological polar surface area (TPSA) is 49.3 Å². The van der Waals surface area contributed by atoms with Crippen LogP contribution in [0.4, 0.5) is 4.39 Å². The summed E-state index contributed by atoms with van der Waals surface area (Å²) in [6, 6.07) is 4.19. The van der Waals surface area contributed by atoms with Gasteiger partial charge in [-0.1, -0.05) is 15.9 Å². The van der Waals surface area contributed by atoms with E-state index in [-0.39, 0.29) is 12.1 Å². The third-order valence-corrected chi connectivity index (χ3v) is 3.53. The standard InChI is InChI=1S/C12H13BrFNO2/c13-8-2-3-10(14)9(6-8)11(16)15-7-12(17)4-1-5-12/h2-3,6,17H,1,4-5,7H2,(H,15,16). The average molecular weight is 302 g/mol. The van der Waals surface area contributed by atoms with Gasteiger partial charge in [0.2, 0.25) is 0 Å². The summed E-state index contributed by atoms with van der Waals surface area (Å²) in [6.07, 6.45) is 2.35. The second-order valence-corrected chi connectivity index (χ2v) is 5.30. The van der Waals surface area contributed by atoms with Crippen molar-refractivity contribution in [3.8, 4) is 0 Å². The molecule has 1 aliphatic rings. The van der Waals surface area contributed by atoms with E-state index in [4.69, 9.17) is 0 Å². The van der Waals surface area contributed by atoms with Gasteiger partial charge in [-0.05, 0) is 37.5 Å². The quantitative estimate of drug-likeness (QED) is 0.899. The van der Waals surface area contributed by atoms with E-state index >= 15 is 0 Å². The Morgan fingerprint density at radius 3 is 2.82 bits per heavy atom. The summed E-state index contributed by atoms with van der Waals surface area (Å²) in [5.41, 5.74) is -0.805. The number of benzene rings is 1. The predicted molar refractivity (Wildman–Crippen MR) is 65.2 cm³/mol. The Kier molecular flexibility index (Phi) is 3.49. The minimum atomic E-state index is -0.794. The molecule has 0 bridgehead atoms. The van der Waals surface area contributed by atoms with E-state index in [1.54, 1.807) is 0 Å². The van der Waals surface area contributed by atoms with Crippen molar-refractivity contribution in [2.45, 2.75) is 24.9 Å². The molecule has 1 aliphatic carbocycles. The molecule has 1 amide bonds. The van der Waals surface area contributed by atoms with Crippen LogP contribution in [0.25, 0.3) is 0 Å². The van der Waals surface area contributed by atoms with Gasteiger partial charge in [-0.25, -0.2) is 4.39 Å². The van der Waals surface area contributed by atoms with Gasteiger partial charge >= 0.3 is 0 Å². The molecular formula is C12H13BrFNO2. The molecule has 0 unspecified atom stereocenters. The van der Waals surface area contributed by atoms with Gasteiger partial charge in [0.25, 0.3) is 5.91 Å². The Labute approximate surface area is 107 Å². The Morgan fingerprint density at radius 1 is 1.53 bits per heavy atom. The van der Waals surface area contributed by atoms with Gasteiger partial charge in [0.05, 0.1) is 11.2 Å². The lowest BCUT2D eigenvalue weighted by Crippen LogP contribution is -2.47. The van der Waals surface area contributed by atoms with E-state index in [1.165, 1.54) is 18.2 Å². The summed E-state index contributed by atoms with van der Waals surface area (Å²) >= 11 is 3.18. The zero-order chi connectivity index (χ0) is 12.5. The molecular weight excluding hydrogens is 289 g/mol. The molecule has 17 heavy (non-hydrogen) atoms. The van der Waals surface area contributed by atoms with Crippen molar-refractivity contribution >= 4 is 21.8 Å². The molecule has 0 aromatic heterocycles. The molecule has 0 atom stereocenters. The number of carbonyl (C=O) groups excluding carboxylic acids is 1. The number of halogens is 2. The van der Waals surface area contributed by atoms with Crippen molar-refractivity contribution in [3.63, 3.8) is 0 Å². The minimum absolute atomic E-state index is 0.0118. The van der Waals surface area contributed by atoms with Crippen molar-refractivity contribution in [2.75, 3.05) is 6.54 Å². The highest BCUT2D eigenvalue weighted by Crippen LogP contribution is 2.30. The smallest absolute Gasteiger partial charge is 0.254 e. The van der Waals surface area contributed by atoms with E-state index in [2.05, 4.69) is 21.2 Å². The summed E-state index contributed by atoms with van der Waals surface area (Å²) in [6.45, 7) is 0.178. The summed E-state index contributed by atoms with van der Waals surface area (Å²) in [5.74, 6) is -1.06. The highest BCUT2D eigenvalue weighted by molar-refractivity contribution is 9.10. The molecule has 0 radical (unpaired) electrons. The zero-order valence-electron chi connectivity index (χ0n) is 9.17. The third-order valence-electron chi connectivity index (χ3n) is 3.04. The van der Waals surface area contributed by atoms with Gasteiger partial charge in [-0.3, -0.25) is 4.79 Å². The average Bonchev–Trinajstić information content (AvgIpc) is 2.26. The monoisotopic (exact) mass is 301 g/mol. The number of nitrogens with one attached hydrogen (secondary N) is 1. The van der Waals surface area contributed by atoms with Gasteiger partial charge in [0, 0.05) is 11.0 Å². The molecule has 1 aromatic rings. The zero-order valence-corrected chi connectivity index (χ0v) is 10.8. The van der Waals surface area contributed by atoms with Crippen LogP contribution in [0.3, 0.4) is 0 Å². The maximum atomic E-state index is 13.4. The predicted octanol–water partition coefficient (Wildman–Crippen LogP) is 2.23. The van der Waals surface area contributed by atoms with Gasteiger partial charge in [-0.2, -0.15) is 0 Å². The number of amides is 1. The summed E-state index contributed by atoms with van der Waals surface area (Å²) < 4.78 is 14.0. The van der Waals surface area contributed by atoms with Crippen LogP contribution in [0, 0.1) is 5.82 Å². The lowest BCUT2D eigenvalue weighted by atomic mass is 9.80. The molecule has 0 heterocycles. The van der Waals surface area contributed by atoms with Crippen LogP contribution >= 0.6 is 15.9 Å². The first-order valence-electron chi connectivity index (χ1n) is 5.46. The number of carbonyl (C=O) groups is 1. The summed E-state index contributed by atoms with van der Waals surface area (Å²) in [7, 11) is 0. The van der Waals surface area contributed by atoms with Crippen LogP contribution in [-0.4, -0.2) is 23.2 Å². The maximum absolute atomic E-state index is 13.4. The number of hydrogen-bond acceptors (Lipinski definition) is 2. The van der Waals surface area contributed by atoms with E-state index in [0.29, 0.717) is 17.3 Å². The second kappa shape index (κ2) is 4.74. The Balaban J connectivity index is 2.01. The molecule has 5 heteroatoms. The number of aliphatic hydroxyl groups is 1. The van der Waals surface area contributed by atoms with Crippen LogP contribution in [0.15, 0.2) is 22.7 Å². The van der Waals surface area contributed by atoms with Crippen LogP contribution in [0.1, 0.15) is 29.6 Å². The molecule has 0 spiro atoms. The molecule has 2 rings (SSSR count). The molecule has 1 saturated carbocycles. The first-order valence-corrected chi connectivity index (χ1v) is 6.25. The van der Waals surface area contributed by atoms with Crippen molar-refractivity contribution in [1.82, 2.24) is 5.32 Å². The minimum Gasteiger partial charge on any atom is -0.388 e. The van der Waals surface area contributed by atoms with E-state index < -0.39 is 17.3 Å².